The van der Waals surface area contributed by atoms with Crippen LogP contribution in [0.25, 0.3) is 0 Å². The van der Waals surface area contributed by atoms with Gasteiger partial charge in [-0.05, 0) is 68.9 Å². The average Bonchev–Trinajstić information content (AvgIpc) is 2.72. The SMILES string of the molecule is COc1cc(C)c(S(=O)(=O)N(C)CCC(=O)Cc2ccc(OCCN(C)C)cc2)c(C)c1. The molecule has 2 aromatic rings. The van der Waals surface area contributed by atoms with Crippen molar-refractivity contribution in [2.45, 2.75) is 31.6 Å². The maximum absolute atomic E-state index is 13.1. The van der Waals surface area contributed by atoms with Gasteiger partial charge in [-0.3, -0.25) is 4.79 Å². The summed E-state index contributed by atoms with van der Waals surface area (Å²) >= 11 is 0. The van der Waals surface area contributed by atoms with E-state index in [-0.39, 0.29) is 30.1 Å². The number of nitrogens with zero attached hydrogens (tertiary/aromatic N) is 2. The Balaban J connectivity index is 1.93. The van der Waals surface area contributed by atoms with E-state index in [0.29, 0.717) is 23.5 Å². The minimum atomic E-state index is -3.71. The first-order chi connectivity index (χ1) is 15.0. The molecule has 0 spiro atoms. The van der Waals surface area contributed by atoms with Gasteiger partial charge in [0.25, 0.3) is 0 Å². The molecule has 32 heavy (non-hydrogen) atoms. The van der Waals surface area contributed by atoms with Gasteiger partial charge in [-0.25, -0.2) is 12.7 Å². The van der Waals surface area contributed by atoms with Crippen LogP contribution in [-0.4, -0.2) is 71.4 Å². The maximum Gasteiger partial charge on any atom is 0.243 e. The van der Waals surface area contributed by atoms with Crippen LogP contribution in [0.4, 0.5) is 0 Å². The van der Waals surface area contributed by atoms with Gasteiger partial charge in [0.1, 0.15) is 23.9 Å². The van der Waals surface area contributed by atoms with Gasteiger partial charge in [-0.1, -0.05) is 12.1 Å². The molecule has 0 aliphatic heterocycles. The molecular weight excluding hydrogens is 428 g/mol. The summed E-state index contributed by atoms with van der Waals surface area (Å²) in [4.78, 5) is 14.8. The van der Waals surface area contributed by atoms with Gasteiger partial charge in [0.2, 0.25) is 10.0 Å². The van der Waals surface area contributed by atoms with E-state index in [4.69, 9.17) is 9.47 Å². The molecule has 0 atom stereocenters. The second-order valence-electron chi connectivity index (χ2n) is 8.18. The second kappa shape index (κ2) is 11.4. The first kappa shape index (κ1) is 25.8. The van der Waals surface area contributed by atoms with E-state index in [1.165, 1.54) is 11.4 Å². The van der Waals surface area contributed by atoms with Crippen LogP contribution in [0.1, 0.15) is 23.1 Å². The number of rotatable bonds is 12. The highest BCUT2D eigenvalue weighted by atomic mass is 32.2. The third kappa shape index (κ3) is 7.05. The molecule has 0 bridgehead atoms. The van der Waals surface area contributed by atoms with Crippen LogP contribution in [0.3, 0.4) is 0 Å². The van der Waals surface area contributed by atoms with Crippen molar-refractivity contribution in [3.05, 3.63) is 53.1 Å². The lowest BCUT2D eigenvalue weighted by Crippen LogP contribution is -2.30. The van der Waals surface area contributed by atoms with E-state index in [1.54, 1.807) is 33.1 Å². The monoisotopic (exact) mass is 462 g/mol. The molecule has 0 aromatic heterocycles. The van der Waals surface area contributed by atoms with E-state index in [1.807, 2.05) is 43.3 Å². The lowest BCUT2D eigenvalue weighted by atomic mass is 10.1. The molecule has 8 heteroatoms. The van der Waals surface area contributed by atoms with Gasteiger partial charge in [0, 0.05) is 33.0 Å². The van der Waals surface area contributed by atoms with Crippen LogP contribution < -0.4 is 9.47 Å². The Morgan fingerprint density at radius 3 is 2.06 bits per heavy atom. The number of benzene rings is 2. The highest BCUT2D eigenvalue weighted by molar-refractivity contribution is 7.89. The molecule has 176 valence electrons. The van der Waals surface area contributed by atoms with Gasteiger partial charge in [-0.15, -0.1) is 0 Å². The third-order valence-electron chi connectivity index (χ3n) is 5.18. The molecule has 0 unspecified atom stereocenters. The molecule has 0 N–H and O–H groups in total. The van der Waals surface area contributed by atoms with Gasteiger partial charge in [-0.2, -0.15) is 0 Å². The molecule has 0 amide bonds. The van der Waals surface area contributed by atoms with Crippen molar-refractivity contribution in [1.82, 2.24) is 9.21 Å². The first-order valence-electron chi connectivity index (χ1n) is 10.5. The number of sulfonamides is 1. The molecule has 0 saturated heterocycles. The standard InChI is InChI=1S/C24H34N2O5S/c1-18-15-23(30-6)16-19(2)24(18)32(28,29)26(5)12-11-21(27)17-20-7-9-22(10-8-20)31-14-13-25(3)4/h7-10,15-16H,11-14,17H2,1-6H3. The summed E-state index contributed by atoms with van der Waals surface area (Å²) in [5.41, 5.74) is 2.11. The molecule has 2 rings (SSSR count). The summed E-state index contributed by atoms with van der Waals surface area (Å²) in [7, 11) is 3.32. The minimum absolute atomic E-state index is 0.0171. The largest absolute Gasteiger partial charge is 0.497 e. The van der Waals surface area contributed by atoms with Gasteiger partial charge in [0.05, 0.1) is 12.0 Å². The summed E-state index contributed by atoms with van der Waals surface area (Å²) in [5, 5.41) is 0. The average molecular weight is 463 g/mol. The Morgan fingerprint density at radius 2 is 1.53 bits per heavy atom. The fraction of sp³-hybridized carbons (Fsp3) is 0.458. The van der Waals surface area contributed by atoms with Crippen LogP contribution in [0.5, 0.6) is 11.5 Å². The normalized spacial score (nSPS) is 11.8. The van der Waals surface area contributed by atoms with Crippen molar-refractivity contribution < 1.29 is 22.7 Å². The lowest BCUT2D eigenvalue weighted by molar-refractivity contribution is -0.118. The first-order valence-corrected chi connectivity index (χ1v) is 12.0. The zero-order valence-corrected chi connectivity index (χ0v) is 20.7. The van der Waals surface area contributed by atoms with Crippen molar-refractivity contribution in [3.63, 3.8) is 0 Å². The number of methoxy groups -OCH3 is 1. The third-order valence-corrected chi connectivity index (χ3v) is 7.34. The van der Waals surface area contributed by atoms with Crippen LogP contribution in [-0.2, 0) is 21.2 Å². The Labute approximate surface area is 192 Å². The van der Waals surface area contributed by atoms with Crippen molar-refractivity contribution >= 4 is 15.8 Å². The van der Waals surface area contributed by atoms with E-state index >= 15 is 0 Å². The molecular formula is C24H34N2O5S. The van der Waals surface area contributed by atoms with Gasteiger partial charge >= 0.3 is 0 Å². The molecule has 0 saturated carbocycles. The smallest absolute Gasteiger partial charge is 0.243 e. The number of carbonyl (C=O) groups excluding carboxylic acids is 1. The fourth-order valence-corrected chi connectivity index (χ4v) is 4.93. The quantitative estimate of drug-likeness (QED) is 0.483. The van der Waals surface area contributed by atoms with E-state index < -0.39 is 10.0 Å². The second-order valence-corrected chi connectivity index (χ2v) is 10.2. The molecule has 0 radical (unpaired) electrons. The molecule has 0 fully saturated rings. The van der Waals surface area contributed by atoms with E-state index in [0.717, 1.165) is 17.9 Å². The van der Waals surface area contributed by atoms with Crippen molar-refractivity contribution in [1.29, 1.82) is 0 Å². The highest BCUT2D eigenvalue weighted by Crippen LogP contribution is 2.27. The molecule has 0 aliphatic carbocycles. The molecule has 0 heterocycles. The van der Waals surface area contributed by atoms with Crippen molar-refractivity contribution in [2.75, 3.05) is 47.9 Å². The molecule has 2 aromatic carbocycles. The zero-order valence-electron chi connectivity index (χ0n) is 19.8. The number of Topliss-reactive ketones (excluding diaryl/α,β-unsaturated/α-hetero) is 1. The van der Waals surface area contributed by atoms with Crippen LogP contribution in [0.15, 0.2) is 41.3 Å². The van der Waals surface area contributed by atoms with Crippen LogP contribution in [0, 0.1) is 13.8 Å². The Hall–Kier alpha value is -2.42. The summed E-state index contributed by atoms with van der Waals surface area (Å²) in [6.07, 6.45) is 0.400. The minimum Gasteiger partial charge on any atom is -0.497 e. The Kier molecular flexibility index (Phi) is 9.24. The summed E-state index contributed by atoms with van der Waals surface area (Å²) in [6, 6.07) is 10.8. The fourth-order valence-electron chi connectivity index (χ4n) is 3.36. The van der Waals surface area contributed by atoms with E-state index in [2.05, 4.69) is 0 Å². The van der Waals surface area contributed by atoms with Crippen LogP contribution in [0.2, 0.25) is 0 Å². The van der Waals surface area contributed by atoms with Crippen LogP contribution >= 0.6 is 0 Å². The Bertz CT molecular complexity index is 994. The van der Waals surface area contributed by atoms with E-state index in [9.17, 15) is 13.2 Å². The maximum atomic E-state index is 13.1. The van der Waals surface area contributed by atoms with Gasteiger partial charge in [0.15, 0.2) is 0 Å². The number of aryl methyl sites for hydroxylation is 2. The summed E-state index contributed by atoms with van der Waals surface area (Å²) in [5.74, 6) is 1.36. The predicted molar refractivity (Wildman–Crippen MR) is 126 cm³/mol. The van der Waals surface area contributed by atoms with Crippen molar-refractivity contribution in [2.24, 2.45) is 0 Å². The molecule has 7 nitrogen and oxygen atoms in total. The number of carbonyl (C=O) groups is 1. The highest BCUT2D eigenvalue weighted by Gasteiger charge is 2.25. The number of ether oxygens (including phenoxy) is 2. The number of ketones is 1. The molecule has 0 aliphatic rings. The number of likely N-dealkylation sites (N-methyl/N-ethyl adjacent to an activating group) is 1. The Morgan fingerprint density at radius 1 is 0.938 bits per heavy atom. The lowest BCUT2D eigenvalue weighted by Gasteiger charge is -2.20. The topological polar surface area (TPSA) is 76.2 Å². The summed E-state index contributed by atoms with van der Waals surface area (Å²) < 4.78 is 38.3. The van der Waals surface area contributed by atoms with Crippen molar-refractivity contribution in [3.8, 4) is 11.5 Å². The number of hydrogen-bond acceptors (Lipinski definition) is 6. The predicted octanol–water partition coefficient (Wildman–Crippen LogP) is 3.07. The van der Waals surface area contributed by atoms with Gasteiger partial charge < -0.3 is 14.4 Å². The summed E-state index contributed by atoms with van der Waals surface area (Å²) in [6.45, 7) is 5.04. The number of hydrogen-bond donors (Lipinski definition) is 0. The zero-order chi connectivity index (χ0) is 23.9.